The highest BCUT2D eigenvalue weighted by Crippen LogP contribution is 2.43. The Morgan fingerprint density at radius 3 is 2.94 bits per heavy atom. The molecule has 0 radical (unpaired) electrons. The molecule has 2 aliphatic heterocycles. The van der Waals surface area contributed by atoms with Crippen molar-refractivity contribution < 1.29 is 0 Å². The molecular weight excluding hydrogens is 250 g/mol. The number of hydrogen-bond donors (Lipinski definition) is 0. The van der Waals surface area contributed by atoms with E-state index in [2.05, 4.69) is 28.6 Å². The van der Waals surface area contributed by atoms with E-state index < -0.39 is 0 Å². The molecule has 88 valence electrons. The third-order valence-corrected chi connectivity index (χ3v) is 5.09. The van der Waals surface area contributed by atoms with Crippen LogP contribution < -0.4 is 0 Å². The van der Waals surface area contributed by atoms with Crippen LogP contribution in [0.5, 0.6) is 0 Å². The molecule has 1 aromatic rings. The van der Waals surface area contributed by atoms with Gasteiger partial charge in [-0.15, -0.1) is 23.4 Å². The third-order valence-electron chi connectivity index (χ3n) is 3.41. The molecule has 17 heavy (non-hydrogen) atoms. The van der Waals surface area contributed by atoms with Crippen molar-refractivity contribution in [1.29, 1.82) is 0 Å². The summed E-state index contributed by atoms with van der Waals surface area (Å²) in [5, 5.41) is 2.82. The molecule has 0 spiro atoms. The summed E-state index contributed by atoms with van der Waals surface area (Å²) in [6, 6.07) is 10.4. The summed E-state index contributed by atoms with van der Waals surface area (Å²) in [4.78, 5) is 4.63. The van der Waals surface area contributed by atoms with Crippen molar-refractivity contribution in [3.8, 4) is 0 Å². The molecule has 1 aromatic carbocycles. The van der Waals surface area contributed by atoms with Crippen LogP contribution in [0.3, 0.4) is 0 Å². The number of halogens is 1. The zero-order valence-electron chi connectivity index (χ0n) is 9.37. The Bertz CT molecular complexity index is 443. The summed E-state index contributed by atoms with van der Waals surface area (Å²) >= 11 is 8.51. The van der Waals surface area contributed by atoms with Crippen molar-refractivity contribution in [2.24, 2.45) is 10.9 Å². The van der Waals surface area contributed by atoms with Crippen LogP contribution in [0.1, 0.15) is 17.4 Å². The molecular formula is C14H14ClNS. The van der Waals surface area contributed by atoms with Gasteiger partial charge in [-0.2, -0.15) is 0 Å². The number of benzene rings is 1. The van der Waals surface area contributed by atoms with E-state index in [4.69, 9.17) is 11.6 Å². The first kappa shape index (κ1) is 11.4. The standard InChI is InChI=1S/C14H14ClNS/c15-13(10-4-2-1-3-5-10)14-11-7-9-17-12(11)6-8-16-14/h1-5,7-9,11-14H,6H2. The molecule has 0 saturated heterocycles. The molecule has 0 saturated carbocycles. The van der Waals surface area contributed by atoms with Crippen LogP contribution in [0.2, 0.25) is 0 Å². The van der Waals surface area contributed by atoms with Gasteiger partial charge in [0.2, 0.25) is 0 Å². The zero-order chi connectivity index (χ0) is 11.7. The molecule has 2 heterocycles. The molecule has 2 aliphatic rings. The molecule has 3 rings (SSSR count). The van der Waals surface area contributed by atoms with Gasteiger partial charge in [-0.1, -0.05) is 36.4 Å². The smallest absolute Gasteiger partial charge is 0.0814 e. The molecule has 0 aliphatic carbocycles. The fourth-order valence-corrected chi connectivity index (χ4v) is 3.97. The van der Waals surface area contributed by atoms with Crippen LogP contribution in [0.4, 0.5) is 0 Å². The van der Waals surface area contributed by atoms with E-state index in [1.165, 1.54) is 5.56 Å². The highest BCUT2D eigenvalue weighted by Gasteiger charge is 2.37. The summed E-state index contributed by atoms with van der Waals surface area (Å²) in [7, 11) is 0. The number of thioether (sulfide) groups is 1. The summed E-state index contributed by atoms with van der Waals surface area (Å²) in [6.45, 7) is 0. The SMILES string of the molecule is ClC(c1ccccc1)C1N=CCC2SC=CC21. The maximum Gasteiger partial charge on any atom is 0.0814 e. The largest absolute Gasteiger partial charge is 0.292 e. The van der Waals surface area contributed by atoms with Gasteiger partial charge in [0.25, 0.3) is 0 Å². The predicted octanol–water partition coefficient (Wildman–Crippen LogP) is 4.05. The van der Waals surface area contributed by atoms with Gasteiger partial charge in [-0.3, -0.25) is 4.99 Å². The van der Waals surface area contributed by atoms with E-state index >= 15 is 0 Å². The van der Waals surface area contributed by atoms with Gasteiger partial charge >= 0.3 is 0 Å². The Labute approximate surface area is 111 Å². The minimum absolute atomic E-state index is 0.0244. The highest BCUT2D eigenvalue weighted by atomic mass is 35.5. The maximum absolute atomic E-state index is 6.59. The second-order valence-corrected chi connectivity index (χ2v) is 6.07. The van der Waals surface area contributed by atoms with Crippen molar-refractivity contribution in [1.82, 2.24) is 0 Å². The second-order valence-electron chi connectivity index (χ2n) is 4.45. The van der Waals surface area contributed by atoms with E-state index in [0.717, 1.165) is 6.42 Å². The predicted molar refractivity (Wildman–Crippen MR) is 75.9 cm³/mol. The number of fused-ring (bicyclic) bond motifs is 1. The summed E-state index contributed by atoms with van der Waals surface area (Å²) in [5.41, 5.74) is 1.17. The molecule has 0 N–H and O–H groups in total. The number of aliphatic imine (C=N–C) groups is 1. The minimum Gasteiger partial charge on any atom is -0.292 e. The number of nitrogens with zero attached hydrogens (tertiary/aromatic N) is 1. The first-order valence-electron chi connectivity index (χ1n) is 5.89. The Morgan fingerprint density at radius 2 is 2.12 bits per heavy atom. The number of alkyl halides is 1. The monoisotopic (exact) mass is 263 g/mol. The quantitative estimate of drug-likeness (QED) is 0.733. The summed E-state index contributed by atoms with van der Waals surface area (Å²) in [5.74, 6) is 0.493. The van der Waals surface area contributed by atoms with Crippen molar-refractivity contribution in [2.75, 3.05) is 0 Å². The molecule has 0 amide bonds. The van der Waals surface area contributed by atoms with Crippen molar-refractivity contribution in [3.63, 3.8) is 0 Å². The van der Waals surface area contributed by atoms with Crippen LogP contribution >= 0.6 is 23.4 Å². The van der Waals surface area contributed by atoms with E-state index in [9.17, 15) is 0 Å². The van der Waals surface area contributed by atoms with Gasteiger partial charge in [0, 0.05) is 17.4 Å². The molecule has 0 fully saturated rings. The number of rotatable bonds is 2. The van der Waals surface area contributed by atoms with E-state index in [1.807, 2.05) is 36.2 Å². The summed E-state index contributed by atoms with van der Waals surface area (Å²) < 4.78 is 0. The van der Waals surface area contributed by atoms with Gasteiger partial charge in [0.15, 0.2) is 0 Å². The fourth-order valence-electron chi connectivity index (χ4n) is 2.49. The zero-order valence-corrected chi connectivity index (χ0v) is 10.9. The van der Waals surface area contributed by atoms with Crippen molar-refractivity contribution >= 4 is 29.6 Å². The van der Waals surface area contributed by atoms with Gasteiger partial charge in [0.05, 0.1) is 11.4 Å². The average Bonchev–Trinajstić information content (AvgIpc) is 2.87. The minimum atomic E-state index is -0.0244. The average molecular weight is 264 g/mol. The van der Waals surface area contributed by atoms with Crippen LogP contribution in [-0.2, 0) is 0 Å². The molecule has 0 bridgehead atoms. The third kappa shape index (κ3) is 2.16. The van der Waals surface area contributed by atoms with Gasteiger partial charge in [-0.05, 0) is 17.4 Å². The van der Waals surface area contributed by atoms with E-state index in [0.29, 0.717) is 11.2 Å². The maximum atomic E-state index is 6.59. The van der Waals surface area contributed by atoms with Gasteiger partial charge < -0.3 is 0 Å². The fraction of sp³-hybridized carbons (Fsp3) is 0.357. The lowest BCUT2D eigenvalue weighted by Gasteiger charge is -2.31. The molecule has 0 aromatic heterocycles. The first-order valence-corrected chi connectivity index (χ1v) is 7.27. The molecule has 1 nitrogen and oxygen atoms in total. The number of hydrogen-bond acceptors (Lipinski definition) is 2. The second kappa shape index (κ2) is 4.87. The van der Waals surface area contributed by atoms with Crippen LogP contribution in [0, 0.1) is 5.92 Å². The van der Waals surface area contributed by atoms with Gasteiger partial charge in [0.1, 0.15) is 0 Å². The Balaban J connectivity index is 1.86. The van der Waals surface area contributed by atoms with Crippen LogP contribution in [0.25, 0.3) is 0 Å². The lowest BCUT2D eigenvalue weighted by atomic mass is 9.88. The lowest BCUT2D eigenvalue weighted by molar-refractivity contribution is 0.468. The van der Waals surface area contributed by atoms with E-state index in [-0.39, 0.29) is 11.4 Å². The van der Waals surface area contributed by atoms with Gasteiger partial charge in [-0.25, -0.2) is 0 Å². The lowest BCUT2D eigenvalue weighted by Crippen LogP contribution is -2.32. The normalized spacial score (nSPS) is 32.4. The molecule has 4 atom stereocenters. The van der Waals surface area contributed by atoms with E-state index in [1.54, 1.807) is 0 Å². The Morgan fingerprint density at radius 1 is 1.29 bits per heavy atom. The van der Waals surface area contributed by atoms with Crippen LogP contribution in [0.15, 0.2) is 46.8 Å². The van der Waals surface area contributed by atoms with Crippen molar-refractivity contribution in [3.05, 3.63) is 47.4 Å². The Kier molecular flexibility index (Phi) is 3.26. The topological polar surface area (TPSA) is 12.4 Å². The first-order chi connectivity index (χ1) is 8.36. The summed E-state index contributed by atoms with van der Waals surface area (Å²) in [6.07, 6.45) is 5.39. The highest BCUT2D eigenvalue weighted by molar-refractivity contribution is 8.03. The molecule has 3 heteroatoms. The van der Waals surface area contributed by atoms with Crippen LogP contribution in [-0.4, -0.2) is 17.5 Å². The Hall–Kier alpha value is -0.730. The van der Waals surface area contributed by atoms with Crippen molar-refractivity contribution in [2.45, 2.75) is 23.1 Å². The molecule has 4 unspecified atom stereocenters.